The third-order valence-corrected chi connectivity index (χ3v) is 3.01. The standard InChI is InChI=1S/C15H25N3O/c1-11-6-7-12(8-13(11)16)14(19)17-9-15(2,3)10-18(4)5/h6-8H,9-10,16H2,1-5H3,(H,17,19). The van der Waals surface area contributed by atoms with Crippen molar-refractivity contribution in [2.75, 3.05) is 32.9 Å². The molecule has 0 aliphatic heterocycles. The molecular formula is C15H25N3O. The van der Waals surface area contributed by atoms with E-state index in [1.54, 1.807) is 12.1 Å². The molecule has 3 N–H and O–H groups in total. The van der Waals surface area contributed by atoms with Crippen molar-refractivity contribution in [3.05, 3.63) is 29.3 Å². The number of nitrogens with one attached hydrogen (secondary N) is 1. The third kappa shape index (κ3) is 4.91. The van der Waals surface area contributed by atoms with Crippen LogP contribution in [0.3, 0.4) is 0 Å². The molecule has 0 aliphatic carbocycles. The van der Waals surface area contributed by atoms with Crippen molar-refractivity contribution in [1.82, 2.24) is 10.2 Å². The predicted molar refractivity (Wildman–Crippen MR) is 80.3 cm³/mol. The van der Waals surface area contributed by atoms with Gasteiger partial charge in [0.15, 0.2) is 0 Å². The second-order valence-corrected chi connectivity index (χ2v) is 6.16. The molecule has 1 aromatic carbocycles. The Hall–Kier alpha value is -1.55. The number of benzene rings is 1. The molecule has 1 rings (SSSR count). The Kier molecular flexibility index (Phi) is 4.95. The number of nitrogen functional groups attached to an aromatic ring is 1. The second-order valence-electron chi connectivity index (χ2n) is 6.16. The fraction of sp³-hybridized carbons (Fsp3) is 0.533. The van der Waals surface area contributed by atoms with Crippen LogP contribution in [0.2, 0.25) is 0 Å². The molecule has 0 aromatic heterocycles. The van der Waals surface area contributed by atoms with Crippen LogP contribution in [0.1, 0.15) is 29.8 Å². The molecule has 0 saturated heterocycles. The fourth-order valence-corrected chi connectivity index (χ4v) is 2.12. The zero-order valence-electron chi connectivity index (χ0n) is 12.6. The Morgan fingerprint density at radius 1 is 1.37 bits per heavy atom. The van der Waals surface area contributed by atoms with Gasteiger partial charge >= 0.3 is 0 Å². The van der Waals surface area contributed by atoms with E-state index in [1.807, 2.05) is 27.1 Å². The van der Waals surface area contributed by atoms with Gasteiger partial charge in [-0.15, -0.1) is 0 Å². The number of nitrogens with two attached hydrogens (primary N) is 1. The van der Waals surface area contributed by atoms with E-state index in [1.165, 1.54) is 0 Å². The summed E-state index contributed by atoms with van der Waals surface area (Å²) in [5.41, 5.74) is 8.11. The van der Waals surface area contributed by atoms with Crippen LogP contribution in [-0.2, 0) is 0 Å². The van der Waals surface area contributed by atoms with E-state index < -0.39 is 0 Å². The minimum atomic E-state index is -0.0708. The molecule has 0 spiro atoms. The fourth-order valence-electron chi connectivity index (χ4n) is 2.12. The van der Waals surface area contributed by atoms with Crippen molar-refractivity contribution in [1.29, 1.82) is 0 Å². The van der Waals surface area contributed by atoms with E-state index in [4.69, 9.17) is 5.73 Å². The van der Waals surface area contributed by atoms with E-state index in [0.29, 0.717) is 17.8 Å². The number of anilines is 1. The van der Waals surface area contributed by atoms with Crippen LogP contribution in [0.25, 0.3) is 0 Å². The van der Waals surface area contributed by atoms with E-state index in [9.17, 15) is 4.79 Å². The quantitative estimate of drug-likeness (QED) is 0.798. The Bertz CT molecular complexity index is 453. The first-order chi connectivity index (χ1) is 8.71. The van der Waals surface area contributed by atoms with Gasteiger partial charge in [-0.05, 0) is 44.1 Å². The zero-order valence-corrected chi connectivity index (χ0v) is 12.6. The lowest BCUT2D eigenvalue weighted by atomic mass is 9.93. The van der Waals surface area contributed by atoms with Crippen molar-refractivity contribution < 1.29 is 4.79 Å². The molecule has 106 valence electrons. The Labute approximate surface area is 116 Å². The average molecular weight is 263 g/mol. The molecule has 1 amide bonds. The maximum Gasteiger partial charge on any atom is 0.251 e. The normalized spacial score (nSPS) is 11.7. The first-order valence-corrected chi connectivity index (χ1v) is 6.50. The van der Waals surface area contributed by atoms with Gasteiger partial charge in [-0.2, -0.15) is 0 Å². The molecule has 1 aromatic rings. The maximum absolute atomic E-state index is 12.1. The molecule has 0 unspecified atom stereocenters. The van der Waals surface area contributed by atoms with Gasteiger partial charge < -0.3 is 16.0 Å². The molecule has 19 heavy (non-hydrogen) atoms. The van der Waals surface area contributed by atoms with Gasteiger partial charge in [0.1, 0.15) is 0 Å². The average Bonchev–Trinajstić information content (AvgIpc) is 2.28. The van der Waals surface area contributed by atoms with Crippen LogP contribution in [0.5, 0.6) is 0 Å². The van der Waals surface area contributed by atoms with Crippen LogP contribution in [0.4, 0.5) is 5.69 Å². The van der Waals surface area contributed by atoms with E-state index in [-0.39, 0.29) is 11.3 Å². The Morgan fingerprint density at radius 2 is 2.00 bits per heavy atom. The smallest absolute Gasteiger partial charge is 0.251 e. The molecule has 0 fully saturated rings. The summed E-state index contributed by atoms with van der Waals surface area (Å²) in [6, 6.07) is 5.40. The van der Waals surface area contributed by atoms with Crippen LogP contribution >= 0.6 is 0 Å². The summed E-state index contributed by atoms with van der Waals surface area (Å²) in [6.45, 7) is 7.76. The molecule has 4 heteroatoms. The van der Waals surface area contributed by atoms with Crippen LogP contribution < -0.4 is 11.1 Å². The summed E-state index contributed by atoms with van der Waals surface area (Å²) in [5, 5.41) is 2.97. The van der Waals surface area contributed by atoms with Crippen molar-refractivity contribution in [2.45, 2.75) is 20.8 Å². The van der Waals surface area contributed by atoms with Crippen LogP contribution in [-0.4, -0.2) is 38.0 Å². The number of amides is 1. The highest BCUT2D eigenvalue weighted by Gasteiger charge is 2.20. The number of hydrogen-bond donors (Lipinski definition) is 2. The number of hydrogen-bond acceptors (Lipinski definition) is 3. The van der Waals surface area contributed by atoms with Crippen molar-refractivity contribution >= 4 is 11.6 Å². The molecule has 0 aliphatic rings. The molecule has 0 heterocycles. The summed E-state index contributed by atoms with van der Waals surface area (Å²) in [6.07, 6.45) is 0. The van der Waals surface area contributed by atoms with Gasteiger partial charge in [-0.3, -0.25) is 4.79 Å². The topological polar surface area (TPSA) is 58.4 Å². The monoisotopic (exact) mass is 263 g/mol. The first kappa shape index (κ1) is 15.5. The highest BCUT2D eigenvalue weighted by atomic mass is 16.1. The molecule has 4 nitrogen and oxygen atoms in total. The van der Waals surface area contributed by atoms with Gasteiger partial charge in [-0.25, -0.2) is 0 Å². The minimum Gasteiger partial charge on any atom is -0.398 e. The number of nitrogens with zero attached hydrogens (tertiary/aromatic N) is 1. The van der Waals surface area contributed by atoms with Gasteiger partial charge in [0.2, 0.25) is 0 Å². The number of aryl methyl sites for hydroxylation is 1. The van der Waals surface area contributed by atoms with Crippen molar-refractivity contribution in [2.24, 2.45) is 5.41 Å². The number of carbonyl (C=O) groups excluding carboxylic acids is 1. The summed E-state index contributed by atoms with van der Waals surface area (Å²) >= 11 is 0. The van der Waals surface area contributed by atoms with E-state index in [0.717, 1.165) is 12.1 Å². The summed E-state index contributed by atoms with van der Waals surface area (Å²) in [4.78, 5) is 14.2. The summed E-state index contributed by atoms with van der Waals surface area (Å²) in [5.74, 6) is -0.0708. The largest absolute Gasteiger partial charge is 0.398 e. The Balaban J connectivity index is 2.62. The molecular weight excluding hydrogens is 238 g/mol. The first-order valence-electron chi connectivity index (χ1n) is 6.50. The third-order valence-electron chi connectivity index (χ3n) is 3.01. The maximum atomic E-state index is 12.1. The van der Waals surface area contributed by atoms with Crippen molar-refractivity contribution in [3.8, 4) is 0 Å². The van der Waals surface area contributed by atoms with E-state index >= 15 is 0 Å². The molecule has 0 bridgehead atoms. The molecule has 0 atom stereocenters. The van der Waals surface area contributed by atoms with Gasteiger partial charge in [0.05, 0.1) is 0 Å². The lowest BCUT2D eigenvalue weighted by Gasteiger charge is -2.28. The summed E-state index contributed by atoms with van der Waals surface area (Å²) < 4.78 is 0. The second kappa shape index (κ2) is 6.06. The molecule has 0 radical (unpaired) electrons. The zero-order chi connectivity index (χ0) is 14.6. The summed E-state index contributed by atoms with van der Waals surface area (Å²) in [7, 11) is 4.06. The lowest BCUT2D eigenvalue weighted by Crippen LogP contribution is -2.40. The van der Waals surface area contributed by atoms with Gasteiger partial charge in [0.25, 0.3) is 5.91 Å². The lowest BCUT2D eigenvalue weighted by molar-refractivity contribution is 0.0929. The minimum absolute atomic E-state index is 0.0371. The van der Waals surface area contributed by atoms with Crippen molar-refractivity contribution in [3.63, 3.8) is 0 Å². The van der Waals surface area contributed by atoms with Crippen LogP contribution in [0, 0.1) is 12.3 Å². The van der Waals surface area contributed by atoms with Crippen LogP contribution in [0.15, 0.2) is 18.2 Å². The molecule has 0 saturated carbocycles. The SMILES string of the molecule is Cc1ccc(C(=O)NCC(C)(C)CN(C)C)cc1N. The number of rotatable bonds is 5. The van der Waals surface area contributed by atoms with Gasteiger partial charge in [0, 0.05) is 24.3 Å². The van der Waals surface area contributed by atoms with E-state index in [2.05, 4.69) is 24.1 Å². The number of carbonyl (C=O) groups is 1. The Morgan fingerprint density at radius 3 is 2.53 bits per heavy atom. The highest BCUT2D eigenvalue weighted by Crippen LogP contribution is 2.16. The van der Waals surface area contributed by atoms with Gasteiger partial charge in [-0.1, -0.05) is 19.9 Å². The highest BCUT2D eigenvalue weighted by molar-refractivity contribution is 5.95. The predicted octanol–water partition coefficient (Wildman–Crippen LogP) is 1.89.